The normalized spacial score (nSPS) is 24.8. The van der Waals surface area contributed by atoms with E-state index >= 15 is 0 Å². The number of nitrogens with two attached hydrogens (primary N) is 1. The monoisotopic (exact) mass is 302 g/mol. The van der Waals surface area contributed by atoms with Crippen molar-refractivity contribution in [1.82, 2.24) is 14.9 Å². The van der Waals surface area contributed by atoms with Crippen LogP contribution >= 0.6 is 0 Å². The van der Waals surface area contributed by atoms with Crippen LogP contribution in [0.4, 0.5) is 0 Å². The number of hydrogen-bond acceptors (Lipinski definition) is 4. The molecule has 2 N–H and O–H groups in total. The van der Waals surface area contributed by atoms with E-state index in [1.165, 1.54) is 12.8 Å². The Morgan fingerprint density at radius 2 is 1.86 bits per heavy atom. The van der Waals surface area contributed by atoms with Gasteiger partial charge in [0.05, 0.1) is 6.42 Å². The molecule has 0 unspecified atom stereocenters. The summed E-state index contributed by atoms with van der Waals surface area (Å²) >= 11 is 0. The molecule has 0 radical (unpaired) electrons. The zero-order valence-electron chi connectivity index (χ0n) is 13.8. The van der Waals surface area contributed by atoms with Gasteiger partial charge in [-0.15, -0.1) is 0 Å². The molecule has 5 nitrogen and oxygen atoms in total. The number of aryl methyl sites for hydroxylation is 3. The van der Waals surface area contributed by atoms with Crippen molar-refractivity contribution in [2.24, 2.45) is 17.6 Å². The van der Waals surface area contributed by atoms with Crippen LogP contribution < -0.4 is 5.73 Å². The summed E-state index contributed by atoms with van der Waals surface area (Å²) in [6.07, 6.45) is 3.78. The summed E-state index contributed by atoms with van der Waals surface area (Å²) in [7, 11) is 0. The van der Waals surface area contributed by atoms with Crippen LogP contribution in [0.3, 0.4) is 0 Å². The highest BCUT2D eigenvalue weighted by Crippen LogP contribution is 2.40. The third kappa shape index (κ3) is 3.00. The second kappa shape index (κ2) is 5.95. The van der Waals surface area contributed by atoms with Gasteiger partial charge in [-0.3, -0.25) is 4.79 Å². The number of hydrogen-bond donors (Lipinski definition) is 1. The topological polar surface area (TPSA) is 72.1 Å². The quantitative estimate of drug-likeness (QED) is 0.912. The smallest absolute Gasteiger partial charge is 0.227 e. The van der Waals surface area contributed by atoms with E-state index in [0.29, 0.717) is 18.9 Å². The van der Waals surface area contributed by atoms with E-state index in [1.54, 1.807) is 0 Å². The predicted molar refractivity (Wildman–Crippen MR) is 85.4 cm³/mol. The van der Waals surface area contributed by atoms with Crippen LogP contribution in [0.5, 0.6) is 0 Å². The molecule has 1 aromatic heterocycles. The van der Waals surface area contributed by atoms with E-state index in [9.17, 15) is 4.79 Å². The molecule has 2 aliphatic rings. The SMILES string of the molecule is CCc1nc(C)c(CC(=O)N2C[C@H](C3CC3)[C@@H](N)C2)c(C)n1. The van der Waals surface area contributed by atoms with Gasteiger partial charge >= 0.3 is 0 Å². The molecule has 2 atom stereocenters. The number of carbonyl (C=O) groups excluding carboxylic acids is 1. The van der Waals surface area contributed by atoms with E-state index in [-0.39, 0.29) is 11.9 Å². The Kier molecular flexibility index (Phi) is 4.17. The fourth-order valence-electron chi connectivity index (χ4n) is 3.57. The van der Waals surface area contributed by atoms with Gasteiger partial charge in [-0.1, -0.05) is 6.92 Å². The molecule has 22 heavy (non-hydrogen) atoms. The highest BCUT2D eigenvalue weighted by Gasteiger charge is 2.42. The van der Waals surface area contributed by atoms with Gasteiger partial charge in [-0.25, -0.2) is 9.97 Å². The van der Waals surface area contributed by atoms with E-state index < -0.39 is 0 Å². The number of likely N-dealkylation sites (tertiary alicyclic amines) is 1. The van der Waals surface area contributed by atoms with Gasteiger partial charge in [-0.2, -0.15) is 0 Å². The summed E-state index contributed by atoms with van der Waals surface area (Å²) in [5.74, 6) is 2.27. The average Bonchev–Trinajstić information content (AvgIpc) is 3.25. The fourth-order valence-corrected chi connectivity index (χ4v) is 3.57. The summed E-state index contributed by atoms with van der Waals surface area (Å²) in [4.78, 5) is 23.6. The molecule has 1 saturated heterocycles. The first kappa shape index (κ1) is 15.4. The van der Waals surface area contributed by atoms with Crippen molar-refractivity contribution in [2.75, 3.05) is 13.1 Å². The first-order chi connectivity index (χ1) is 10.5. The molecule has 2 heterocycles. The van der Waals surface area contributed by atoms with Crippen molar-refractivity contribution in [3.8, 4) is 0 Å². The molecule has 0 bridgehead atoms. The lowest BCUT2D eigenvalue weighted by Crippen LogP contribution is -2.33. The Morgan fingerprint density at radius 3 is 2.41 bits per heavy atom. The molecular weight excluding hydrogens is 276 g/mol. The minimum absolute atomic E-state index is 0.150. The maximum atomic E-state index is 12.6. The first-order valence-electron chi connectivity index (χ1n) is 8.36. The van der Waals surface area contributed by atoms with Crippen molar-refractivity contribution in [1.29, 1.82) is 0 Å². The molecule has 0 spiro atoms. The van der Waals surface area contributed by atoms with Crippen molar-refractivity contribution in [3.05, 3.63) is 22.8 Å². The van der Waals surface area contributed by atoms with Crippen LogP contribution in [-0.4, -0.2) is 39.9 Å². The standard InChI is InChI=1S/C17H26N4O/c1-4-16-19-10(2)13(11(3)20-16)7-17(22)21-8-14(12-5-6-12)15(18)9-21/h12,14-15H,4-9,18H2,1-3H3/t14-,15+/m1/s1. The Labute approximate surface area is 132 Å². The zero-order valence-corrected chi connectivity index (χ0v) is 13.8. The van der Waals surface area contributed by atoms with E-state index in [0.717, 1.165) is 41.7 Å². The summed E-state index contributed by atoms with van der Waals surface area (Å²) in [6, 6.07) is 0.150. The second-order valence-corrected chi connectivity index (χ2v) is 6.78. The maximum Gasteiger partial charge on any atom is 0.227 e. The van der Waals surface area contributed by atoms with Gasteiger partial charge in [0, 0.05) is 42.5 Å². The highest BCUT2D eigenvalue weighted by atomic mass is 16.2. The molecule has 1 aliphatic carbocycles. The Hall–Kier alpha value is -1.49. The Balaban J connectivity index is 1.69. The van der Waals surface area contributed by atoms with Crippen LogP contribution in [0.2, 0.25) is 0 Å². The first-order valence-corrected chi connectivity index (χ1v) is 8.36. The van der Waals surface area contributed by atoms with E-state index in [1.807, 2.05) is 25.7 Å². The summed E-state index contributed by atoms with van der Waals surface area (Å²) in [5.41, 5.74) is 9.06. The van der Waals surface area contributed by atoms with Crippen LogP contribution in [0.1, 0.15) is 42.5 Å². The zero-order chi connectivity index (χ0) is 15.9. The molecule has 1 saturated carbocycles. The lowest BCUT2D eigenvalue weighted by Gasteiger charge is -2.18. The second-order valence-electron chi connectivity index (χ2n) is 6.78. The molecule has 2 fully saturated rings. The number of nitrogens with zero attached hydrogens (tertiary/aromatic N) is 3. The molecule has 120 valence electrons. The van der Waals surface area contributed by atoms with E-state index in [4.69, 9.17) is 5.73 Å². The number of carbonyl (C=O) groups is 1. The largest absolute Gasteiger partial charge is 0.340 e. The van der Waals surface area contributed by atoms with Crippen molar-refractivity contribution in [2.45, 2.75) is 52.5 Å². The third-order valence-electron chi connectivity index (χ3n) is 5.10. The molecule has 5 heteroatoms. The fraction of sp³-hybridized carbons (Fsp3) is 0.706. The predicted octanol–water partition coefficient (Wildman–Crippen LogP) is 1.39. The van der Waals surface area contributed by atoms with E-state index in [2.05, 4.69) is 9.97 Å². The highest BCUT2D eigenvalue weighted by molar-refractivity contribution is 5.79. The molecule has 1 amide bonds. The summed E-state index contributed by atoms with van der Waals surface area (Å²) < 4.78 is 0. The van der Waals surface area contributed by atoms with Gasteiger partial charge < -0.3 is 10.6 Å². The maximum absolute atomic E-state index is 12.6. The van der Waals surface area contributed by atoms with Crippen LogP contribution in [0.15, 0.2) is 0 Å². The van der Waals surface area contributed by atoms with Gasteiger partial charge in [-0.05, 0) is 38.5 Å². The minimum atomic E-state index is 0.150. The van der Waals surface area contributed by atoms with Gasteiger partial charge in [0.1, 0.15) is 5.82 Å². The Bertz CT molecular complexity index is 559. The lowest BCUT2D eigenvalue weighted by molar-refractivity contribution is -0.129. The van der Waals surface area contributed by atoms with Gasteiger partial charge in [0.25, 0.3) is 0 Å². The number of rotatable bonds is 4. The lowest BCUT2D eigenvalue weighted by atomic mass is 9.99. The van der Waals surface area contributed by atoms with Crippen molar-refractivity contribution in [3.63, 3.8) is 0 Å². The number of aromatic nitrogens is 2. The van der Waals surface area contributed by atoms with Crippen molar-refractivity contribution < 1.29 is 4.79 Å². The van der Waals surface area contributed by atoms with Gasteiger partial charge in [0.2, 0.25) is 5.91 Å². The summed E-state index contributed by atoms with van der Waals surface area (Å²) in [6.45, 7) is 7.52. The van der Waals surface area contributed by atoms with Crippen LogP contribution in [0, 0.1) is 25.7 Å². The average molecular weight is 302 g/mol. The molecule has 0 aromatic carbocycles. The third-order valence-corrected chi connectivity index (χ3v) is 5.10. The Morgan fingerprint density at radius 1 is 1.23 bits per heavy atom. The molecule has 3 rings (SSSR count). The number of amides is 1. The van der Waals surface area contributed by atoms with Crippen LogP contribution in [0.25, 0.3) is 0 Å². The molecular formula is C17H26N4O. The van der Waals surface area contributed by atoms with Gasteiger partial charge in [0.15, 0.2) is 0 Å². The molecule has 1 aliphatic heterocycles. The molecule has 1 aromatic rings. The summed E-state index contributed by atoms with van der Waals surface area (Å²) in [5, 5.41) is 0. The van der Waals surface area contributed by atoms with Crippen LogP contribution in [-0.2, 0) is 17.6 Å². The minimum Gasteiger partial charge on any atom is -0.340 e. The van der Waals surface area contributed by atoms with Crippen molar-refractivity contribution >= 4 is 5.91 Å².